The number of pyridine rings is 5. The highest BCUT2D eigenvalue weighted by Crippen LogP contribution is 2.39. The van der Waals surface area contributed by atoms with E-state index in [1.54, 1.807) is 80.6 Å². The van der Waals surface area contributed by atoms with E-state index in [1.807, 2.05) is 195 Å². The molecule has 21 aromatic rings. The van der Waals surface area contributed by atoms with Gasteiger partial charge in [0.15, 0.2) is 6.29 Å². The Kier molecular flexibility index (Phi) is 20.4. The summed E-state index contributed by atoms with van der Waals surface area (Å²) >= 11 is 0. The SMILES string of the molecule is Fc1ccc(-c2cnc3[nH]cc(-c4cc[nH]c4)c3c2)c(F)c1.Fc1ccccc1-c1cnc2[nH]cc(-c3cc[nH]c3)c2c1.N#Cc1ccccc1-c1cnc2[nH]cc(-c3ccoc3)c2c1.O=Cc1ccccc1-c1cnc2[nH]cc(-c3ccoc3)c2c1.c1ccc(COc2ccccc2-c2cnc3[nH]cc(-c4ccoc4)c3c2)cc1. The van der Waals surface area contributed by atoms with Crippen LogP contribution in [0.1, 0.15) is 21.5 Å². The molecule has 0 atom stereocenters. The van der Waals surface area contributed by atoms with Crippen LogP contribution in [-0.2, 0) is 6.61 Å². The number of nitrogens with zero attached hydrogens (tertiary/aromatic N) is 6. The highest BCUT2D eigenvalue weighted by Gasteiger charge is 2.19. The van der Waals surface area contributed by atoms with Crippen LogP contribution in [0, 0.1) is 28.8 Å². The van der Waals surface area contributed by atoms with E-state index in [4.69, 9.17) is 18.0 Å². The van der Waals surface area contributed by atoms with Gasteiger partial charge in [-0.3, -0.25) is 4.79 Å². The lowest BCUT2D eigenvalue weighted by Gasteiger charge is -2.12. The lowest BCUT2D eigenvalue weighted by molar-refractivity contribution is 0.112. The highest BCUT2D eigenvalue weighted by atomic mass is 19.1. The lowest BCUT2D eigenvalue weighted by Crippen LogP contribution is -1.97. The first-order valence-electron chi connectivity index (χ1n) is 36.4. The van der Waals surface area contributed by atoms with Crippen LogP contribution >= 0.6 is 0 Å². The number of aromatic nitrogens is 12. The number of aromatic amines is 7. The molecule has 115 heavy (non-hydrogen) atoms. The monoisotopic (exact) mass is 1510 g/mol. The van der Waals surface area contributed by atoms with E-state index in [1.165, 1.54) is 18.2 Å². The van der Waals surface area contributed by atoms with Gasteiger partial charge < -0.3 is 52.9 Å². The number of ether oxygens (including phenoxy) is 1. The largest absolute Gasteiger partial charge is 0.488 e. The van der Waals surface area contributed by atoms with Gasteiger partial charge in [-0.05, 0) is 102 Å². The molecule has 0 fully saturated rings. The third kappa shape index (κ3) is 15.3. The number of hydrogen-bond acceptors (Lipinski definition) is 11. The van der Waals surface area contributed by atoms with E-state index in [0.717, 1.165) is 173 Å². The second-order valence-electron chi connectivity index (χ2n) is 26.6. The number of para-hydroxylation sites is 1. The molecule has 0 amide bonds. The van der Waals surface area contributed by atoms with Crippen LogP contribution in [0.4, 0.5) is 13.2 Å². The number of carbonyl (C=O) groups is 1. The van der Waals surface area contributed by atoms with Crippen molar-refractivity contribution in [2.45, 2.75) is 6.61 Å². The van der Waals surface area contributed by atoms with Crippen molar-refractivity contribution in [1.82, 2.24) is 59.8 Å². The number of halogens is 3. The second kappa shape index (κ2) is 32.6. The first-order chi connectivity index (χ1) is 56.7. The first kappa shape index (κ1) is 71.8. The van der Waals surface area contributed by atoms with Crippen LogP contribution in [0.5, 0.6) is 5.75 Å². The van der Waals surface area contributed by atoms with Gasteiger partial charge in [-0.25, -0.2) is 38.1 Å². The number of H-pyrrole nitrogens is 7. The maximum atomic E-state index is 14.0. The molecule has 6 aromatic carbocycles. The van der Waals surface area contributed by atoms with Gasteiger partial charge >= 0.3 is 0 Å². The number of nitrogens with one attached hydrogen (secondary N) is 7. The minimum atomic E-state index is -0.597. The van der Waals surface area contributed by atoms with Crippen LogP contribution in [0.2, 0.25) is 0 Å². The normalized spacial score (nSPS) is 11.0. The van der Waals surface area contributed by atoms with Crippen LogP contribution in [0.25, 0.3) is 166 Å². The van der Waals surface area contributed by atoms with E-state index < -0.39 is 11.6 Å². The van der Waals surface area contributed by atoms with Crippen molar-refractivity contribution in [1.29, 1.82) is 5.26 Å². The van der Waals surface area contributed by atoms with Crippen molar-refractivity contribution in [3.05, 3.63) is 365 Å². The van der Waals surface area contributed by atoms with Crippen LogP contribution in [0.3, 0.4) is 0 Å². The smallest absolute Gasteiger partial charge is 0.150 e. The molecular formula is C94H64F3N13O5. The van der Waals surface area contributed by atoms with Gasteiger partial charge in [-0.15, -0.1) is 0 Å². The number of benzene rings is 6. The Hall–Kier alpha value is -16.1. The number of nitriles is 1. The second-order valence-corrected chi connectivity index (χ2v) is 26.6. The Morgan fingerprint density at radius 3 is 1.18 bits per heavy atom. The van der Waals surface area contributed by atoms with Crippen molar-refractivity contribution in [2.75, 3.05) is 0 Å². The molecule has 15 heterocycles. The summed E-state index contributed by atoms with van der Waals surface area (Å²) in [5.74, 6) is -0.588. The van der Waals surface area contributed by atoms with Gasteiger partial charge in [-0.2, -0.15) is 5.26 Å². The van der Waals surface area contributed by atoms with Gasteiger partial charge in [-0.1, -0.05) is 109 Å². The molecule has 0 aliphatic carbocycles. The summed E-state index contributed by atoms with van der Waals surface area (Å²) in [6, 6.07) is 65.6. The molecule has 556 valence electrons. The molecule has 15 aromatic heterocycles. The summed E-state index contributed by atoms with van der Waals surface area (Å²) in [6.07, 6.45) is 36.8. The summed E-state index contributed by atoms with van der Waals surface area (Å²) < 4.78 is 62.6. The maximum absolute atomic E-state index is 14.0. The van der Waals surface area contributed by atoms with E-state index in [0.29, 0.717) is 34.4 Å². The summed E-state index contributed by atoms with van der Waals surface area (Å²) in [6.45, 7) is 0.526. The summed E-state index contributed by atoms with van der Waals surface area (Å²) in [4.78, 5) is 55.3. The molecule has 0 saturated heterocycles. The van der Waals surface area contributed by atoms with E-state index in [-0.39, 0.29) is 5.82 Å². The van der Waals surface area contributed by atoms with Crippen LogP contribution in [0.15, 0.2) is 344 Å². The lowest BCUT2D eigenvalue weighted by atomic mass is 10.00. The average molecular weight is 1510 g/mol. The molecule has 0 spiro atoms. The quantitative estimate of drug-likeness (QED) is 0.0503. The highest BCUT2D eigenvalue weighted by molar-refractivity contribution is 6.01. The van der Waals surface area contributed by atoms with Gasteiger partial charge in [0.25, 0.3) is 0 Å². The van der Waals surface area contributed by atoms with Gasteiger partial charge in [0.1, 0.15) is 58.0 Å². The zero-order valence-electron chi connectivity index (χ0n) is 60.8. The van der Waals surface area contributed by atoms with Crippen LogP contribution < -0.4 is 4.74 Å². The fraction of sp³-hybridized carbons (Fsp3) is 0.0106. The number of carbonyl (C=O) groups excluding carboxylic acids is 1. The third-order valence-electron chi connectivity index (χ3n) is 19.6. The predicted molar refractivity (Wildman–Crippen MR) is 441 cm³/mol. The van der Waals surface area contributed by atoms with E-state index in [9.17, 15) is 23.2 Å². The topological polar surface area (TPSA) is 264 Å². The summed E-state index contributed by atoms with van der Waals surface area (Å²) in [5, 5.41) is 14.2. The van der Waals surface area contributed by atoms with Gasteiger partial charge in [0, 0.05) is 231 Å². The number of aldehydes is 1. The van der Waals surface area contributed by atoms with Crippen molar-refractivity contribution in [3.8, 4) is 123 Å². The number of furan rings is 3. The van der Waals surface area contributed by atoms with Gasteiger partial charge in [0.2, 0.25) is 0 Å². The van der Waals surface area contributed by atoms with Crippen molar-refractivity contribution in [3.63, 3.8) is 0 Å². The predicted octanol–water partition coefficient (Wildman–Crippen LogP) is 23.6. The third-order valence-corrected chi connectivity index (χ3v) is 19.6. The molecule has 0 radical (unpaired) electrons. The van der Waals surface area contributed by atoms with Crippen molar-refractivity contribution < 1.29 is 36.0 Å². The molecule has 0 aliphatic rings. The molecule has 7 N–H and O–H groups in total. The zero-order valence-corrected chi connectivity index (χ0v) is 60.8. The number of hydrogen-bond donors (Lipinski definition) is 7. The Morgan fingerprint density at radius 2 is 0.748 bits per heavy atom. The molecule has 0 aliphatic heterocycles. The summed E-state index contributed by atoms with van der Waals surface area (Å²) in [5.41, 5.74) is 24.6. The Morgan fingerprint density at radius 1 is 0.357 bits per heavy atom. The standard InChI is InChI=1S/C24H18N2O2.C18H11N3O.C18H12N2O2.C17H11F2N3.C17H12FN3/c1-2-6-17(7-3-1)15-28-23-9-5-4-8-20(23)19-12-21-22(18-10-11-27-16-18)14-26-24(21)25-13-19;19-8-12-3-1-2-4-15(12)14-7-16-17(13-5-6-22-11-13)10-21-18(16)20-9-14;21-10-12-3-1-2-4-15(12)14-7-16-17(13-5-6-22-11-13)9-20-18(16)19-8-14;18-12-1-2-13(16(19)6-12)11-5-14-15(10-3-4-20-7-10)9-22-17(14)21-8-11;18-16-4-2-1-3-13(16)12-7-14-15(11-5-6-19-8-11)10-21-17(14)20-9-12/h1-14,16H,15H2,(H,25,26);1-7,9-11H,(H,20,21);1-11H,(H,19,20);1-9,20H,(H,21,22);1-10,19H,(H,20,21). The number of fused-ring (bicyclic) bond motifs is 5. The average Bonchev–Trinajstić information content (AvgIpc) is 1.42. The Bertz CT molecular complexity index is 6950. The zero-order chi connectivity index (χ0) is 78.0. The molecule has 0 saturated carbocycles. The molecule has 21 rings (SSSR count). The molecule has 0 bridgehead atoms. The Balaban J connectivity index is 0.000000104. The minimum absolute atomic E-state index is 0.239. The maximum Gasteiger partial charge on any atom is 0.150 e. The molecule has 18 nitrogen and oxygen atoms in total. The number of rotatable bonds is 14. The first-order valence-corrected chi connectivity index (χ1v) is 36.4. The van der Waals surface area contributed by atoms with E-state index >= 15 is 0 Å². The van der Waals surface area contributed by atoms with Crippen molar-refractivity contribution in [2.24, 2.45) is 0 Å². The molecule has 21 heteroatoms. The van der Waals surface area contributed by atoms with Crippen LogP contribution in [-0.4, -0.2) is 66.1 Å². The fourth-order valence-corrected chi connectivity index (χ4v) is 13.9. The van der Waals surface area contributed by atoms with Crippen molar-refractivity contribution >= 4 is 61.5 Å². The van der Waals surface area contributed by atoms with Gasteiger partial charge in [0.05, 0.1) is 49.2 Å². The summed E-state index contributed by atoms with van der Waals surface area (Å²) in [7, 11) is 0. The minimum Gasteiger partial charge on any atom is -0.488 e. The fourth-order valence-electron chi connectivity index (χ4n) is 13.9. The molecule has 0 unspecified atom stereocenters. The Labute approximate surface area is 653 Å². The van der Waals surface area contributed by atoms with E-state index in [2.05, 4.69) is 96.2 Å². The molecular weight excluding hydrogens is 1450 g/mol.